The van der Waals surface area contributed by atoms with E-state index < -0.39 is 17.6 Å². The molecule has 0 unspecified atom stereocenters. The van der Waals surface area contributed by atoms with Crippen molar-refractivity contribution in [3.05, 3.63) is 69.6 Å². The molecule has 7 nitrogen and oxygen atoms in total. The van der Waals surface area contributed by atoms with Crippen LogP contribution in [0.15, 0.2) is 58.5 Å². The molecule has 1 N–H and O–H groups in total. The average Bonchev–Trinajstić information content (AvgIpc) is 3.26. The molecule has 2 aromatic carbocycles. The average molecular weight is 480 g/mol. The first-order valence-corrected chi connectivity index (χ1v) is 11.1. The number of aromatic nitrogens is 4. The van der Waals surface area contributed by atoms with Crippen LogP contribution in [0.5, 0.6) is 0 Å². The summed E-state index contributed by atoms with van der Waals surface area (Å²) in [6, 6.07) is 12.2. The summed E-state index contributed by atoms with van der Waals surface area (Å²) in [6.07, 6.45) is -4.57. The van der Waals surface area contributed by atoms with Gasteiger partial charge in [-0.15, -0.1) is 10.2 Å². The standard InChI is InChI=1S/C20H16F3N5O2S2/c1-27-16(10-28-14-8-4-5-9-15(14)32-19(28)30)25-26-18(27)31-11-17(29)24-13-7-3-2-6-12(13)20(21,22)23/h2-9H,10-11H2,1H3,(H,24,29). The van der Waals surface area contributed by atoms with Gasteiger partial charge < -0.3 is 9.88 Å². The minimum Gasteiger partial charge on any atom is -0.325 e. The molecule has 0 radical (unpaired) electrons. The van der Waals surface area contributed by atoms with Crippen molar-refractivity contribution < 1.29 is 18.0 Å². The van der Waals surface area contributed by atoms with Crippen molar-refractivity contribution >= 4 is 44.9 Å². The minimum absolute atomic E-state index is 0.119. The van der Waals surface area contributed by atoms with E-state index in [9.17, 15) is 22.8 Å². The number of hydrogen-bond donors (Lipinski definition) is 1. The number of para-hydroxylation sites is 2. The zero-order chi connectivity index (χ0) is 22.9. The molecule has 0 fully saturated rings. The van der Waals surface area contributed by atoms with Gasteiger partial charge in [-0.25, -0.2) is 0 Å². The molecule has 4 aromatic rings. The van der Waals surface area contributed by atoms with Gasteiger partial charge in [-0.2, -0.15) is 13.2 Å². The van der Waals surface area contributed by atoms with Gasteiger partial charge >= 0.3 is 11.0 Å². The van der Waals surface area contributed by atoms with Gasteiger partial charge in [0.1, 0.15) is 0 Å². The monoisotopic (exact) mass is 479 g/mol. The Morgan fingerprint density at radius 1 is 1.12 bits per heavy atom. The Balaban J connectivity index is 1.44. The number of rotatable bonds is 6. The molecule has 0 aliphatic carbocycles. The van der Waals surface area contributed by atoms with Crippen molar-refractivity contribution in [1.82, 2.24) is 19.3 Å². The quantitative estimate of drug-likeness (QED) is 0.423. The highest BCUT2D eigenvalue weighted by Crippen LogP contribution is 2.34. The van der Waals surface area contributed by atoms with E-state index >= 15 is 0 Å². The first kappa shape index (κ1) is 22.1. The summed E-state index contributed by atoms with van der Waals surface area (Å²) in [5, 5.41) is 10.9. The lowest BCUT2D eigenvalue weighted by atomic mass is 10.1. The summed E-state index contributed by atoms with van der Waals surface area (Å²) in [7, 11) is 1.70. The number of fused-ring (bicyclic) bond motifs is 1. The van der Waals surface area contributed by atoms with Gasteiger partial charge in [0.2, 0.25) is 5.91 Å². The number of nitrogens with zero attached hydrogens (tertiary/aromatic N) is 4. The largest absolute Gasteiger partial charge is 0.418 e. The number of carbonyl (C=O) groups excluding carboxylic acids is 1. The van der Waals surface area contributed by atoms with Crippen LogP contribution < -0.4 is 10.2 Å². The predicted molar refractivity (Wildman–Crippen MR) is 117 cm³/mol. The molecule has 4 rings (SSSR count). The van der Waals surface area contributed by atoms with E-state index in [1.54, 1.807) is 16.2 Å². The van der Waals surface area contributed by atoms with Gasteiger partial charge in [0.05, 0.1) is 33.8 Å². The molecule has 0 saturated carbocycles. The lowest BCUT2D eigenvalue weighted by molar-refractivity contribution is -0.137. The molecule has 0 spiro atoms. The van der Waals surface area contributed by atoms with Gasteiger partial charge in [-0.3, -0.25) is 14.2 Å². The Hall–Kier alpha value is -3.12. The number of nitrogens with one attached hydrogen (secondary N) is 1. The van der Waals surface area contributed by atoms with E-state index in [0.717, 1.165) is 39.4 Å². The number of amides is 1. The predicted octanol–water partition coefficient (Wildman–Crippen LogP) is 3.99. The number of anilines is 1. The lowest BCUT2D eigenvalue weighted by Gasteiger charge is -2.13. The molecule has 0 saturated heterocycles. The number of hydrogen-bond acceptors (Lipinski definition) is 6. The summed E-state index contributed by atoms with van der Waals surface area (Å²) in [5.74, 6) is -0.239. The molecule has 1 amide bonds. The zero-order valence-electron chi connectivity index (χ0n) is 16.6. The van der Waals surface area contributed by atoms with E-state index in [1.165, 1.54) is 18.2 Å². The van der Waals surface area contributed by atoms with Gasteiger partial charge in [-0.05, 0) is 24.3 Å². The second-order valence-electron chi connectivity index (χ2n) is 6.76. The Kier molecular flexibility index (Phi) is 6.07. The maximum Gasteiger partial charge on any atom is 0.418 e. The van der Waals surface area contributed by atoms with Crippen molar-refractivity contribution in [2.75, 3.05) is 11.1 Å². The molecule has 0 aliphatic heterocycles. The highest BCUT2D eigenvalue weighted by molar-refractivity contribution is 7.99. The molecule has 0 atom stereocenters. The van der Waals surface area contributed by atoms with Crippen LogP contribution in [0.2, 0.25) is 0 Å². The number of halogens is 3. The van der Waals surface area contributed by atoms with Gasteiger partial charge in [0.15, 0.2) is 11.0 Å². The molecule has 166 valence electrons. The smallest absolute Gasteiger partial charge is 0.325 e. The first-order chi connectivity index (χ1) is 15.2. The maximum atomic E-state index is 13.1. The van der Waals surface area contributed by atoms with E-state index in [1.807, 2.05) is 24.3 Å². The Morgan fingerprint density at radius 2 is 1.84 bits per heavy atom. The van der Waals surface area contributed by atoms with Crippen LogP contribution >= 0.6 is 23.1 Å². The van der Waals surface area contributed by atoms with Crippen LogP contribution in [-0.4, -0.2) is 31.0 Å². The molecular weight excluding hydrogens is 463 g/mol. The molecule has 0 bridgehead atoms. The minimum atomic E-state index is -4.57. The van der Waals surface area contributed by atoms with Crippen molar-refractivity contribution in [3.63, 3.8) is 0 Å². The maximum absolute atomic E-state index is 13.1. The summed E-state index contributed by atoms with van der Waals surface area (Å²) >= 11 is 2.18. The molecule has 12 heteroatoms. The highest BCUT2D eigenvalue weighted by atomic mass is 32.2. The third-order valence-corrected chi connectivity index (χ3v) is 6.62. The molecule has 2 heterocycles. The summed E-state index contributed by atoms with van der Waals surface area (Å²) in [6.45, 7) is 0.206. The van der Waals surface area contributed by atoms with Gasteiger partial charge in [0, 0.05) is 7.05 Å². The van der Waals surface area contributed by atoms with Crippen LogP contribution in [0.4, 0.5) is 18.9 Å². The van der Waals surface area contributed by atoms with Crippen LogP contribution in [0.3, 0.4) is 0 Å². The van der Waals surface area contributed by atoms with Crippen LogP contribution in [0.1, 0.15) is 11.4 Å². The van der Waals surface area contributed by atoms with Crippen LogP contribution in [-0.2, 0) is 24.6 Å². The molecule has 0 aliphatic rings. The third kappa shape index (κ3) is 4.55. The van der Waals surface area contributed by atoms with E-state index in [0.29, 0.717) is 11.0 Å². The zero-order valence-corrected chi connectivity index (χ0v) is 18.2. The lowest BCUT2D eigenvalue weighted by Crippen LogP contribution is -2.18. The van der Waals surface area contributed by atoms with Crippen molar-refractivity contribution in [2.45, 2.75) is 17.9 Å². The topological polar surface area (TPSA) is 81.8 Å². The van der Waals surface area contributed by atoms with Gasteiger partial charge in [0.25, 0.3) is 0 Å². The van der Waals surface area contributed by atoms with Crippen molar-refractivity contribution in [3.8, 4) is 0 Å². The number of alkyl halides is 3. The fourth-order valence-corrected chi connectivity index (χ4v) is 4.69. The van der Waals surface area contributed by atoms with Crippen LogP contribution in [0.25, 0.3) is 10.2 Å². The number of thioether (sulfide) groups is 1. The van der Waals surface area contributed by atoms with Crippen LogP contribution in [0, 0.1) is 0 Å². The van der Waals surface area contributed by atoms with Gasteiger partial charge in [-0.1, -0.05) is 47.4 Å². The number of thiazole rings is 1. The fraction of sp³-hybridized carbons (Fsp3) is 0.200. The number of carbonyl (C=O) groups is 1. The third-order valence-electron chi connectivity index (χ3n) is 4.64. The molecule has 2 aromatic heterocycles. The van der Waals surface area contributed by atoms with E-state index in [2.05, 4.69) is 15.5 Å². The highest BCUT2D eigenvalue weighted by Gasteiger charge is 2.33. The Morgan fingerprint density at radius 3 is 2.62 bits per heavy atom. The first-order valence-electron chi connectivity index (χ1n) is 9.29. The number of benzene rings is 2. The molecular formula is C20H16F3N5O2S2. The van der Waals surface area contributed by atoms with E-state index in [-0.39, 0.29) is 22.9 Å². The van der Waals surface area contributed by atoms with E-state index in [4.69, 9.17) is 0 Å². The normalized spacial score (nSPS) is 11.8. The van der Waals surface area contributed by atoms with Crippen molar-refractivity contribution in [2.24, 2.45) is 7.05 Å². The summed E-state index contributed by atoms with van der Waals surface area (Å²) < 4.78 is 43.4. The Bertz CT molecular complexity index is 1340. The summed E-state index contributed by atoms with van der Waals surface area (Å²) in [5.41, 5.74) is -0.414. The SMILES string of the molecule is Cn1c(Cn2c(=O)sc3ccccc32)nnc1SCC(=O)Nc1ccccc1C(F)(F)F. The molecule has 32 heavy (non-hydrogen) atoms. The Labute approximate surface area is 187 Å². The second-order valence-corrected chi connectivity index (χ2v) is 8.70. The fourth-order valence-electron chi connectivity index (χ4n) is 3.07. The van der Waals surface area contributed by atoms with Crippen molar-refractivity contribution in [1.29, 1.82) is 0 Å². The summed E-state index contributed by atoms with van der Waals surface area (Å²) in [4.78, 5) is 24.4. The second kappa shape index (κ2) is 8.79.